The van der Waals surface area contributed by atoms with Crippen LogP contribution < -0.4 is 10.6 Å². The molecule has 0 bridgehead atoms. The summed E-state index contributed by atoms with van der Waals surface area (Å²) in [4.78, 5) is 38.1. The van der Waals surface area contributed by atoms with Crippen molar-refractivity contribution in [2.45, 2.75) is 69.3 Å². The highest BCUT2D eigenvalue weighted by atomic mass is 16.3. The van der Waals surface area contributed by atoms with Crippen LogP contribution in [0.2, 0.25) is 0 Å². The van der Waals surface area contributed by atoms with Crippen molar-refractivity contribution in [2.75, 3.05) is 0 Å². The van der Waals surface area contributed by atoms with Gasteiger partial charge < -0.3 is 15.3 Å². The average molecular weight is 448 g/mol. The lowest BCUT2D eigenvalue weighted by Gasteiger charge is -2.37. The molecule has 3 amide bonds. The molecule has 1 saturated heterocycles. The van der Waals surface area contributed by atoms with Crippen LogP contribution in [0.15, 0.2) is 48.5 Å². The summed E-state index contributed by atoms with van der Waals surface area (Å²) in [6.07, 6.45) is 3.89. The van der Waals surface area contributed by atoms with E-state index >= 15 is 0 Å². The number of nitrogens with zero attached hydrogens (tertiary/aromatic N) is 1. The van der Waals surface area contributed by atoms with Crippen molar-refractivity contribution in [2.24, 2.45) is 0 Å². The van der Waals surface area contributed by atoms with Gasteiger partial charge in [-0.1, -0.05) is 42.5 Å². The number of carbonyl (C=O) groups is 3. The molecule has 7 nitrogen and oxygen atoms in total. The van der Waals surface area contributed by atoms with Crippen LogP contribution in [-0.2, 0) is 28.3 Å². The summed E-state index contributed by atoms with van der Waals surface area (Å²) in [6, 6.07) is 15.5. The van der Waals surface area contributed by atoms with Crippen molar-refractivity contribution in [3.63, 3.8) is 0 Å². The van der Waals surface area contributed by atoms with Gasteiger partial charge in [-0.3, -0.25) is 19.7 Å². The van der Waals surface area contributed by atoms with Gasteiger partial charge in [0.2, 0.25) is 11.8 Å². The highest BCUT2D eigenvalue weighted by Crippen LogP contribution is 2.37. The van der Waals surface area contributed by atoms with Gasteiger partial charge in [0.15, 0.2) is 0 Å². The summed E-state index contributed by atoms with van der Waals surface area (Å²) in [5, 5.41) is 17.0. The summed E-state index contributed by atoms with van der Waals surface area (Å²) in [5.41, 5.74) is 2.90. The zero-order valence-corrected chi connectivity index (χ0v) is 18.5. The predicted molar refractivity (Wildman–Crippen MR) is 122 cm³/mol. The zero-order chi connectivity index (χ0) is 23.0. The highest BCUT2D eigenvalue weighted by Gasteiger charge is 2.39. The van der Waals surface area contributed by atoms with Crippen LogP contribution in [0.4, 0.5) is 0 Å². The molecule has 7 heteroatoms. The number of hydrogen-bond donors (Lipinski definition) is 3. The molecule has 2 fully saturated rings. The zero-order valence-electron chi connectivity index (χ0n) is 18.5. The second-order valence-corrected chi connectivity index (χ2v) is 9.44. The lowest BCUT2D eigenvalue weighted by molar-refractivity contribution is -0.136. The number of amides is 3. The molecule has 0 radical (unpaired) electrons. The van der Waals surface area contributed by atoms with Crippen LogP contribution in [0, 0.1) is 0 Å². The largest absolute Gasteiger partial charge is 0.385 e. The van der Waals surface area contributed by atoms with E-state index in [0.29, 0.717) is 31.1 Å². The van der Waals surface area contributed by atoms with Gasteiger partial charge in [0.05, 0.1) is 5.60 Å². The summed E-state index contributed by atoms with van der Waals surface area (Å²) in [5.74, 6) is -0.813. The molecule has 2 heterocycles. The van der Waals surface area contributed by atoms with Gasteiger partial charge in [0.1, 0.15) is 6.04 Å². The summed E-state index contributed by atoms with van der Waals surface area (Å²) in [7, 11) is 0. The van der Waals surface area contributed by atoms with Gasteiger partial charge in [-0.25, -0.2) is 0 Å². The van der Waals surface area contributed by atoms with Crippen molar-refractivity contribution >= 4 is 17.7 Å². The van der Waals surface area contributed by atoms with Crippen LogP contribution in [0.1, 0.15) is 65.6 Å². The molecule has 3 aliphatic rings. The fraction of sp³-hybridized carbons (Fsp3) is 0.423. The van der Waals surface area contributed by atoms with Gasteiger partial charge in [-0.05, 0) is 54.9 Å². The Morgan fingerprint density at radius 2 is 1.79 bits per heavy atom. The van der Waals surface area contributed by atoms with Crippen LogP contribution in [0.25, 0.3) is 0 Å². The first-order chi connectivity index (χ1) is 15.9. The Morgan fingerprint density at radius 3 is 2.52 bits per heavy atom. The van der Waals surface area contributed by atoms with E-state index in [9.17, 15) is 19.5 Å². The smallest absolute Gasteiger partial charge is 0.255 e. The minimum atomic E-state index is -0.743. The normalized spacial score (nSPS) is 27.4. The summed E-state index contributed by atoms with van der Waals surface area (Å²) in [6.45, 7) is 1.08. The number of hydrogen-bond acceptors (Lipinski definition) is 5. The van der Waals surface area contributed by atoms with Crippen molar-refractivity contribution in [3.05, 3.63) is 70.8 Å². The third-order valence-corrected chi connectivity index (χ3v) is 7.31. The maximum absolute atomic E-state index is 12.8. The summed E-state index contributed by atoms with van der Waals surface area (Å²) < 4.78 is 0. The quantitative estimate of drug-likeness (QED) is 0.612. The van der Waals surface area contributed by atoms with E-state index in [1.165, 1.54) is 0 Å². The first kappa shape index (κ1) is 21.8. The Morgan fingerprint density at radius 1 is 1.03 bits per heavy atom. The van der Waals surface area contributed by atoms with E-state index in [1.807, 2.05) is 48.5 Å². The lowest BCUT2D eigenvalue weighted by Crippen LogP contribution is -2.52. The summed E-state index contributed by atoms with van der Waals surface area (Å²) >= 11 is 0. The van der Waals surface area contributed by atoms with E-state index in [0.717, 1.165) is 42.4 Å². The van der Waals surface area contributed by atoms with Crippen LogP contribution >= 0.6 is 0 Å². The molecule has 2 aromatic rings. The van der Waals surface area contributed by atoms with Crippen molar-refractivity contribution in [1.82, 2.24) is 15.5 Å². The Bertz CT molecular complexity index is 1080. The molecule has 1 atom stereocenters. The van der Waals surface area contributed by atoms with E-state index in [4.69, 9.17) is 0 Å². The highest BCUT2D eigenvalue weighted by molar-refractivity contribution is 6.05. The molecule has 3 N–H and O–H groups in total. The second kappa shape index (κ2) is 8.72. The Hall–Kier alpha value is -3.03. The maximum Gasteiger partial charge on any atom is 0.255 e. The number of piperidine rings is 1. The molecule has 2 aliphatic heterocycles. The Balaban J connectivity index is 1.18. The number of fused-ring (bicyclic) bond motifs is 1. The van der Waals surface area contributed by atoms with Crippen LogP contribution in [0.3, 0.4) is 0 Å². The molecular formula is C26H29N3O4. The van der Waals surface area contributed by atoms with Crippen LogP contribution in [-0.4, -0.2) is 39.8 Å². The van der Waals surface area contributed by atoms with Gasteiger partial charge in [-0.15, -0.1) is 0 Å². The third-order valence-electron chi connectivity index (χ3n) is 7.31. The molecular weight excluding hydrogens is 418 g/mol. The number of rotatable bonds is 5. The Labute approximate surface area is 193 Å². The third kappa shape index (κ3) is 4.30. The number of nitrogens with one attached hydrogen (secondary N) is 2. The lowest BCUT2D eigenvalue weighted by atomic mass is 9.78. The molecule has 1 aliphatic carbocycles. The molecule has 172 valence electrons. The standard InChI is InChI=1S/C26H29N3O4/c30-23-9-8-22(24(31)28-23)29-16-18-14-17(6-7-21(18)25(29)32)15-27-20-10-12-26(33,13-11-20)19-4-2-1-3-5-19/h1-7,14,20,22,27,33H,8-13,15-16H2,(H,28,30,31)/t20-,22?,26-. The number of carbonyl (C=O) groups excluding carboxylic acids is 3. The second-order valence-electron chi connectivity index (χ2n) is 9.44. The molecule has 0 aromatic heterocycles. The van der Waals surface area contributed by atoms with Gasteiger partial charge >= 0.3 is 0 Å². The number of imide groups is 1. The van der Waals surface area contributed by atoms with Crippen molar-refractivity contribution in [1.29, 1.82) is 0 Å². The molecule has 2 aromatic carbocycles. The number of aliphatic hydroxyl groups is 1. The van der Waals surface area contributed by atoms with Crippen LogP contribution in [0.5, 0.6) is 0 Å². The molecule has 0 spiro atoms. The van der Waals surface area contributed by atoms with Gasteiger partial charge in [-0.2, -0.15) is 0 Å². The molecule has 1 saturated carbocycles. The van der Waals surface area contributed by atoms with Gasteiger partial charge in [0.25, 0.3) is 5.91 Å². The molecule has 1 unspecified atom stereocenters. The SMILES string of the molecule is O=C1CCC(N2Cc3cc(CN[C@H]4CC[C@@](O)(c5ccccc5)CC4)ccc3C2=O)C(=O)N1. The van der Waals surface area contributed by atoms with E-state index in [-0.39, 0.29) is 24.1 Å². The topological polar surface area (TPSA) is 98.7 Å². The predicted octanol–water partition coefficient (Wildman–Crippen LogP) is 2.37. The monoisotopic (exact) mass is 447 g/mol. The van der Waals surface area contributed by atoms with Crippen molar-refractivity contribution in [3.8, 4) is 0 Å². The first-order valence-corrected chi connectivity index (χ1v) is 11.7. The van der Waals surface area contributed by atoms with E-state index < -0.39 is 11.6 Å². The van der Waals surface area contributed by atoms with Crippen molar-refractivity contribution < 1.29 is 19.5 Å². The molecule has 5 rings (SSSR count). The molecule has 33 heavy (non-hydrogen) atoms. The van der Waals surface area contributed by atoms with Gasteiger partial charge in [0, 0.05) is 31.1 Å². The average Bonchev–Trinajstić information content (AvgIpc) is 3.15. The fourth-order valence-corrected chi connectivity index (χ4v) is 5.34. The fourth-order valence-electron chi connectivity index (χ4n) is 5.34. The first-order valence-electron chi connectivity index (χ1n) is 11.7. The maximum atomic E-state index is 12.8. The minimum absolute atomic E-state index is 0.147. The van der Waals surface area contributed by atoms with E-state index in [2.05, 4.69) is 10.6 Å². The van der Waals surface area contributed by atoms with E-state index in [1.54, 1.807) is 4.90 Å². The minimum Gasteiger partial charge on any atom is -0.385 e. The Kier molecular flexibility index (Phi) is 5.76. The number of benzene rings is 2.